The lowest BCUT2D eigenvalue weighted by Gasteiger charge is -2.31. The molecular weight excluding hydrogens is 330 g/mol. The standard InChI is InChI=1S/C21H13NO2S/c1-11-6-8-15-17(10-11)25-16-9-7-14-18(19(16)22-15)21(24)13-5-3-2-4-12(13)20(14)23/h2-10,18H,1H3. The van der Waals surface area contributed by atoms with Crippen LogP contribution >= 0.6 is 11.8 Å². The first-order chi connectivity index (χ1) is 12.1. The first-order valence-corrected chi connectivity index (χ1v) is 8.92. The molecule has 2 aromatic rings. The Hall–Kier alpha value is -2.72. The van der Waals surface area contributed by atoms with Crippen molar-refractivity contribution < 1.29 is 9.59 Å². The number of Topliss-reactive ketones (excluding diaryl/α,β-unsaturated/α-hetero) is 2. The molecule has 1 heterocycles. The Morgan fingerprint density at radius 2 is 1.80 bits per heavy atom. The van der Waals surface area contributed by atoms with Crippen LogP contribution in [0, 0.1) is 12.8 Å². The first kappa shape index (κ1) is 14.6. The van der Waals surface area contributed by atoms with Gasteiger partial charge in [-0.3, -0.25) is 9.59 Å². The fraction of sp³-hybridized carbons (Fsp3) is 0.0952. The maximum atomic E-state index is 13.1. The molecule has 5 rings (SSSR count). The Labute approximate surface area is 149 Å². The molecule has 0 fully saturated rings. The van der Waals surface area contributed by atoms with Gasteiger partial charge < -0.3 is 0 Å². The summed E-state index contributed by atoms with van der Waals surface area (Å²) in [5, 5.41) is 0. The lowest BCUT2D eigenvalue weighted by molar-refractivity contribution is 0.0911. The van der Waals surface area contributed by atoms with E-state index >= 15 is 0 Å². The summed E-state index contributed by atoms with van der Waals surface area (Å²) < 4.78 is 0. The lowest BCUT2D eigenvalue weighted by atomic mass is 9.74. The summed E-state index contributed by atoms with van der Waals surface area (Å²) in [6, 6.07) is 13.1. The summed E-state index contributed by atoms with van der Waals surface area (Å²) in [5.74, 6) is -0.704. The number of aliphatic imine (C=N–C) groups is 1. The van der Waals surface area contributed by atoms with Crippen molar-refractivity contribution in [2.45, 2.75) is 11.8 Å². The van der Waals surface area contributed by atoms with Gasteiger partial charge in [0.1, 0.15) is 0 Å². The third-order valence-electron chi connectivity index (χ3n) is 4.79. The van der Waals surface area contributed by atoms with Crippen LogP contribution in [0.3, 0.4) is 0 Å². The highest BCUT2D eigenvalue weighted by atomic mass is 32.2. The topological polar surface area (TPSA) is 46.5 Å². The van der Waals surface area contributed by atoms with Crippen LogP contribution in [0.5, 0.6) is 0 Å². The summed E-state index contributed by atoms with van der Waals surface area (Å²) >= 11 is 1.62. The van der Waals surface area contributed by atoms with Crippen LogP contribution in [0.25, 0.3) is 0 Å². The number of carbonyl (C=O) groups excluding carboxylic acids is 2. The molecule has 2 aliphatic carbocycles. The van der Waals surface area contributed by atoms with Crippen LogP contribution in [0.4, 0.5) is 5.69 Å². The van der Waals surface area contributed by atoms with Crippen molar-refractivity contribution in [1.29, 1.82) is 0 Å². The molecule has 0 aromatic heterocycles. The van der Waals surface area contributed by atoms with Gasteiger partial charge in [-0.05, 0) is 30.7 Å². The third kappa shape index (κ3) is 2.04. The van der Waals surface area contributed by atoms with Crippen LogP contribution < -0.4 is 0 Å². The predicted molar refractivity (Wildman–Crippen MR) is 98.9 cm³/mol. The zero-order chi connectivity index (χ0) is 17.1. The van der Waals surface area contributed by atoms with Gasteiger partial charge in [0.05, 0.1) is 17.3 Å². The Morgan fingerprint density at radius 1 is 1.00 bits per heavy atom. The van der Waals surface area contributed by atoms with Gasteiger partial charge in [-0.25, -0.2) is 4.99 Å². The maximum Gasteiger partial charge on any atom is 0.190 e. The number of benzene rings is 2. The normalized spacial score (nSPS) is 20.5. The molecule has 1 atom stereocenters. The van der Waals surface area contributed by atoms with Crippen molar-refractivity contribution in [2.75, 3.05) is 0 Å². The highest BCUT2D eigenvalue weighted by Crippen LogP contribution is 2.46. The Balaban J connectivity index is 1.71. The van der Waals surface area contributed by atoms with Crippen LogP contribution in [0.2, 0.25) is 0 Å². The number of nitrogens with zero attached hydrogens (tertiary/aromatic N) is 1. The molecule has 120 valence electrons. The average molecular weight is 343 g/mol. The average Bonchev–Trinajstić information content (AvgIpc) is 2.63. The molecule has 0 radical (unpaired) electrons. The first-order valence-electron chi connectivity index (χ1n) is 8.11. The molecule has 1 aliphatic heterocycles. The van der Waals surface area contributed by atoms with E-state index in [1.807, 2.05) is 25.1 Å². The van der Waals surface area contributed by atoms with Crippen LogP contribution in [0.15, 0.2) is 75.0 Å². The lowest BCUT2D eigenvalue weighted by Crippen LogP contribution is -2.37. The van der Waals surface area contributed by atoms with Gasteiger partial charge in [0.2, 0.25) is 0 Å². The minimum Gasteiger partial charge on any atom is -0.293 e. The Morgan fingerprint density at radius 3 is 2.64 bits per heavy atom. The molecule has 0 N–H and O–H groups in total. The van der Waals surface area contributed by atoms with E-state index in [4.69, 9.17) is 4.99 Å². The summed E-state index contributed by atoms with van der Waals surface area (Å²) in [6.07, 6.45) is 3.71. The fourth-order valence-electron chi connectivity index (χ4n) is 3.57. The largest absolute Gasteiger partial charge is 0.293 e. The molecular formula is C21H13NO2S. The number of aryl methyl sites for hydroxylation is 1. The monoisotopic (exact) mass is 343 g/mol. The number of thioether (sulfide) groups is 1. The number of allylic oxidation sites excluding steroid dienone is 4. The van der Waals surface area contributed by atoms with Crippen molar-refractivity contribution in [2.24, 2.45) is 10.9 Å². The zero-order valence-corrected chi connectivity index (χ0v) is 14.3. The van der Waals surface area contributed by atoms with Gasteiger partial charge >= 0.3 is 0 Å². The van der Waals surface area contributed by atoms with Gasteiger partial charge in [-0.15, -0.1) is 0 Å². The van der Waals surface area contributed by atoms with E-state index in [-0.39, 0.29) is 11.6 Å². The molecule has 0 bridgehead atoms. The van der Waals surface area contributed by atoms with E-state index in [9.17, 15) is 9.59 Å². The van der Waals surface area contributed by atoms with E-state index in [1.54, 1.807) is 42.1 Å². The number of carbonyl (C=O) groups is 2. The molecule has 0 spiro atoms. The Kier molecular flexibility index (Phi) is 3.00. The van der Waals surface area contributed by atoms with Crippen LogP contribution in [0.1, 0.15) is 26.3 Å². The minimum atomic E-state index is -0.593. The molecule has 25 heavy (non-hydrogen) atoms. The number of rotatable bonds is 0. The van der Waals surface area contributed by atoms with Crippen molar-refractivity contribution in [3.8, 4) is 0 Å². The van der Waals surface area contributed by atoms with Crippen molar-refractivity contribution in [3.63, 3.8) is 0 Å². The highest BCUT2D eigenvalue weighted by Gasteiger charge is 2.43. The van der Waals surface area contributed by atoms with Crippen molar-refractivity contribution in [3.05, 3.63) is 81.8 Å². The summed E-state index contributed by atoms with van der Waals surface area (Å²) in [5.41, 5.74) is 4.26. The van der Waals surface area contributed by atoms with Crippen molar-refractivity contribution in [1.82, 2.24) is 0 Å². The van der Waals surface area contributed by atoms with Gasteiger partial charge in [-0.2, -0.15) is 0 Å². The molecule has 0 saturated carbocycles. The summed E-state index contributed by atoms with van der Waals surface area (Å²) in [4.78, 5) is 32.8. The second kappa shape index (κ2) is 5.14. The maximum absolute atomic E-state index is 13.1. The van der Waals surface area contributed by atoms with Gasteiger partial charge in [0, 0.05) is 26.5 Å². The van der Waals surface area contributed by atoms with Gasteiger partial charge in [-0.1, -0.05) is 48.2 Å². The minimum absolute atomic E-state index is 0.0399. The van der Waals surface area contributed by atoms with E-state index in [1.165, 1.54) is 5.56 Å². The van der Waals surface area contributed by atoms with E-state index in [0.717, 1.165) is 15.5 Å². The second-order valence-electron chi connectivity index (χ2n) is 6.40. The van der Waals surface area contributed by atoms with E-state index in [0.29, 0.717) is 22.4 Å². The SMILES string of the molecule is Cc1ccc2c(c1)SC1=CC=C3C(=O)c4ccccc4C(=O)C3C1=N2. The number of hydrogen-bond acceptors (Lipinski definition) is 4. The van der Waals surface area contributed by atoms with E-state index in [2.05, 4.69) is 6.07 Å². The molecule has 3 aliphatic rings. The zero-order valence-electron chi connectivity index (χ0n) is 13.4. The number of fused-ring (bicyclic) bond motifs is 5. The molecule has 1 unspecified atom stereocenters. The highest BCUT2D eigenvalue weighted by molar-refractivity contribution is 8.04. The van der Waals surface area contributed by atoms with Crippen LogP contribution in [-0.4, -0.2) is 17.3 Å². The molecule has 4 heteroatoms. The smallest absolute Gasteiger partial charge is 0.190 e. The molecule has 2 aromatic carbocycles. The van der Waals surface area contributed by atoms with Gasteiger partial charge in [0.15, 0.2) is 11.6 Å². The number of ketones is 2. The summed E-state index contributed by atoms with van der Waals surface area (Å²) in [7, 11) is 0. The second-order valence-corrected chi connectivity index (χ2v) is 7.48. The molecule has 0 amide bonds. The number of hydrogen-bond donors (Lipinski definition) is 0. The third-order valence-corrected chi connectivity index (χ3v) is 5.90. The fourth-order valence-corrected chi connectivity index (χ4v) is 4.67. The Bertz CT molecular complexity index is 1080. The summed E-state index contributed by atoms with van der Waals surface area (Å²) in [6.45, 7) is 2.05. The quantitative estimate of drug-likeness (QED) is 0.697. The predicted octanol–water partition coefficient (Wildman–Crippen LogP) is 4.69. The van der Waals surface area contributed by atoms with Gasteiger partial charge in [0.25, 0.3) is 0 Å². The van der Waals surface area contributed by atoms with E-state index < -0.39 is 5.92 Å². The van der Waals surface area contributed by atoms with Crippen molar-refractivity contribution >= 4 is 34.7 Å². The van der Waals surface area contributed by atoms with Crippen LogP contribution in [-0.2, 0) is 0 Å². The molecule has 0 saturated heterocycles. The molecule has 3 nitrogen and oxygen atoms in total.